The lowest BCUT2D eigenvalue weighted by Crippen LogP contribution is -2.53. The van der Waals surface area contributed by atoms with Crippen LogP contribution in [0.5, 0.6) is 0 Å². The molecule has 1 fully saturated rings. The van der Waals surface area contributed by atoms with Gasteiger partial charge in [-0.1, -0.05) is 45.4 Å². The number of amides is 2. The summed E-state index contributed by atoms with van der Waals surface area (Å²) in [5, 5.41) is 4.46. The molecule has 3 heterocycles. The summed E-state index contributed by atoms with van der Waals surface area (Å²) in [5.41, 5.74) is 4.15. The van der Waals surface area contributed by atoms with Gasteiger partial charge in [0.15, 0.2) is 0 Å². The zero-order valence-corrected chi connectivity index (χ0v) is 24.2. The van der Waals surface area contributed by atoms with E-state index in [0.717, 1.165) is 61.4 Å². The molecule has 1 aromatic carbocycles. The highest BCUT2D eigenvalue weighted by Gasteiger charge is 2.34. The fourth-order valence-corrected chi connectivity index (χ4v) is 6.26. The summed E-state index contributed by atoms with van der Waals surface area (Å²) in [5.74, 6) is 0.973. The molecule has 2 bridgehead atoms. The summed E-state index contributed by atoms with van der Waals surface area (Å²) in [7, 11) is 1.93. The quantitative estimate of drug-likeness (QED) is 0.508. The van der Waals surface area contributed by atoms with Crippen LogP contribution in [0.25, 0.3) is 0 Å². The molecule has 208 valence electrons. The zero-order valence-electron chi connectivity index (χ0n) is 24.2. The van der Waals surface area contributed by atoms with Crippen LogP contribution in [0.4, 0.5) is 5.69 Å². The van der Waals surface area contributed by atoms with E-state index in [9.17, 15) is 9.59 Å². The summed E-state index contributed by atoms with van der Waals surface area (Å²) in [4.78, 5) is 33.8. The van der Waals surface area contributed by atoms with E-state index in [-0.39, 0.29) is 11.8 Å². The second kappa shape index (κ2) is 12.9. The van der Waals surface area contributed by atoms with Crippen molar-refractivity contribution in [3.05, 3.63) is 47.3 Å². The fourth-order valence-electron chi connectivity index (χ4n) is 6.26. The van der Waals surface area contributed by atoms with Crippen molar-refractivity contribution >= 4 is 17.5 Å². The lowest BCUT2D eigenvalue weighted by atomic mass is 9.92. The Bertz CT molecular complexity index is 1090. The minimum atomic E-state index is 0.155. The van der Waals surface area contributed by atoms with E-state index in [1.807, 2.05) is 48.8 Å². The maximum absolute atomic E-state index is 13.9. The predicted molar refractivity (Wildman–Crippen MR) is 153 cm³/mol. The largest absolute Gasteiger partial charge is 0.337 e. The monoisotopic (exact) mass is 521 g/mol. The van der Waals surface area contributed by atoms with Crippen molar-refractivity contribution < 1.29 is 9.59 Å². The molecule has 0 saturated carbocycles. The first-order valence-corrected chi connectivity index (χ1v) is 14.7. The second-order valence-corrected chi connectivity index (χ2v) is 11.7. The summed E-state index contributed by atoms with van der Waals surface area (Å²) >= 11 is 0. The molecule has 4 rings (SSSR count). The Morgan fingerprint density at radius 3 is 2.55 bits per heavy atom. The Kier molecular flexibility index (Phi) is 9.64. The molecule has 1 aromatic heterocycles. The van der Waals surface area contributed by atoms with Crippen LogP contribution in [0.2, 0.25) is 0 Å². The topological polar surface area (TPSA) is 61.7 Å². The van der Waals surface area contributed by atoms with Crippen molar-refractivity contribution in [2.75, 3.05) is 24.5 Å². The van der Waals surface area contributed by atoms with Crippen molar-refractivity contribution in [3.8, 4) is 0 Å². The molecule has 7 heteroatoms. The summed E-state index contributed by atoms with van der Waals surface area (Å²) in [6.07, 6.45) is 9.26. The number of nitrogens with zero attached hydrogens (tertiary/aromatic N) is 5. The normalized spacial score (nSPS) is 20.8. The number of rotatable bonds is 7. The van der Waals surface area contributed by atoms with E-state index in [1.165, 1.54) is 12.8 Å². The third kappa shape index (κ3) is 6.85. The molecule has 1 saturated heterocycles. The first-order valence-electron chi connectivity index (χ1n) is 14.7. The van der Waals surface area contributed by atoms with Crippen LogP contribution < -0.4 is 4.90 Å². The second-order valence-electron chi connectivity index (χ2n) is 11.7. The van der Waals surface area contributed by atoms with E-state index >= 15 is 0 Å². The third-order valence-electron chi connectivity index (χ3n) is 8.42. The number of anilines is 1. The average molecular weight is 522 g/mol. The average Bonchev–Trinajstić information content (AvgIpc) is 3.22. The highest BCUT2D eigenvalue weighted by molar-refractivity contribution is 5.94. The van der Waals surface area contributed by atoms with Crippen molar-refractivity contribution in [1.82, 2.24) is 19.6 Å². The van der Waals surface area contributed by atoms with E-state index in [2.05, 4.69) is 40.9 Å². The number of carbonyl (C=O) groups excluding carboxylic acids is 2. The fraction of sp³-hybridized carbons (Fsp3) is 0.645. The van der Waals surface area contributed by atoms with Gasteiger partial charge in [-0.3, -0.25) is 19.2 Å². The highest BCUT2D eigenvalue weighted by atomic mass is 16.2. The van der Waals surface area contributed by atoms with Gasteiger partial charge in [-0.15, -0.1) is 0 Å². The Balaban J connectivity index is 1.66. The Morgan fingerprint density at radius 2 is 1.84 bits per heavy atom. The third-order valence-corrected chi connectivity index (χ3v) is 8.42. The van der Waals surface area contributed by atoms with Crippen molar-refractivity contribution in [2.45, 2.75) is 97.7 Å². The minimum absolute atomic E-state index is 0.155. The number of fused-ring (bicyclic) bond motifs is 3. The maximum Gasteiger partial charge on any atom is 0.226 e. The number of para-hydroxylation sites is 1. The van der Waals surface area contributed by atoms with Gasteiger partial charge in [0.1, 0.15) is 0 Å². The smallest absolute Gasteiger partial charge is 0.226 e. The highest BCUT2D eigenvalue weighted by Crippen LogP contribution is 2.31. The van der Waals surface area contributed by atoms with Crippen molar-refractivity contribution in [1.29, 1.82) is 0 Å². The molecule has 0 spiro atoms. The van der Waals surface area contributed by atoms with Crippen LogP contribution in [0.15, 0.2) is 30.5 Å². The molecule has 2 aliphatic heterocycles. The molecule has 7 nitrogen and oxygen atoms in total. The SMILES string of the molecule is CCC(=O)N1CCC2CCCC(CN(C(=O)CCc3cn(C)nc3C)Cc3ccccc31)N2CCC(C)C. The molecule has 2 atom stereocenters. The molecule has 0 N–H and O–H groups in total. The van der Waals surface area contributed by atoms with Crippen molar-refractivity contribution in [3.63, 3.8) is 0 Å². The Morgan fingerprint density at radius 1 is 1.08 bits per heavy atom. The number of piperidine rings is 1. The lowest BCUT2D eigenvalue weighted by Gasteiger charge is -2.44. The number of aromatic nitrogens is 2. The van der Waals surface area contributed by atoms with Crippen LogP contribution >= 0.6 is 0 Å². The summed E-state index contributed by atoms with van der Waals surface area (Å²) in [6, 6.07) is 9.00. The van der Waals surface area contributed by atoms with Gasteiger partial charge in [0.05, 0.1) is 5.69 Å². The van der Waals surface area contributed by atoms with E-state index in [1.54, 1.807) is 0 Å². The molecule has 2 amide bonds. The van der Waals surface area contributed by atoms with E-state index in [4.69, 9.17) is 0 Å². The van der Waals surface area contributed by atoms with Gasteiger partial charge >= 0.3 is 0 Å². The number of aryl methyl sites for hydroxylation is 3. The molecule has 2 aliphatic rings. The number of hydrogen-bond acceptors (Lipinski definition) is 4. The van der Waals surface area contributed by atoms with E-state index < -0.39 is 0 Å². The Hall–Kier alpha value is -2.67. The number of hydrogen-bond donors (Lipinski definition) is 0. The molecule has 0 aliphatic carbocycles. The first-order chi connectivity index (χ1) is 18.3. The van der Waals surface area contributed by atoms with E-state index in [0.29, 0.717) is 43.8 Å². The molecule has 2 unspecified atom stereocenters. The Labute approximate surface area is 229 Å². The molecular weight excluding hydrogens is 474 g/mol. The molecule has 38 heavy (non-hydrogen) atoms. The van der Waals surface area contributed by atoms with Gasteiger partial charge in [-0.05, 0) is 68.7 Å². The standard InChI is InChI=1S/C31H47N5O2/c1-6-30(37)36-19-17-27-11-9-12-28(35(27)18-16-23(2)3)22-34(21-26-10-7-8-13-29(26)36)31(38)15-14-25-20-33(5)32-24(25)4/h7-8,10,13,20,23,27-28H,6,9,11-12,14-19,21-22H2,1-5H3. The molecule has 0 radical (unpaired) electrons. The van der Waals surface area contributed by atoms with Gasteiger partial charge in [-0.2, -0.15) is 5.10 Å². The van der Waals surface area contributed by atoms with Gasteiger partial charge in [-0.25, -0.2) is 0 Å². The van der Waals surface area contributed by atoms with Gasteiger partial charge < -0.3 is 9.80 Å². The molecular formula is C31H47N5O2. The van der Waals surface area contributed by atoms with Crippen LogP contribution in [0, 0.1) is 12.8 Å². The number of benzene rings is 1. The minimum Gasteiger partial charge on any atom is -0.337 e. The number of carbonyl (C=O) groups is 2. The van der Waals surface area contributed by atoms with Crippen LogP contribution in [-0.2, 0) is 29.6 Å². The van der Waals surface area contributed by atoms with Gasteiger partial charge in [0.2, 0.25) is 11.8 Å². The summed E-state index contributed by atoms with van der Waals surface area (Å²) in [6.45, 7) is 11.6. The van der Waals surface area contributed by atoms with Gasteiger partial charge in [0, 0.05) is 63.5 Å². The lowest BCUT2D eigenvalue weighted by molar-refractivity contribution is -0.133. The predicted octanol–water partition coefficient (Wildman–Crippen LogP) is 5.11. The van der Waals surface area contributed by atoms with Crippen LogP contribution in [0.1, 0.15) is 82.5 Å². The first kappa shape index (κ1) is 28.3. The summed E-state index contributed by atoms with van der Waals surface area (Å²) < 4.78 is 1.83. The van der Waals surface area contributed by atoms with Crippen LogP contribution in [0.3, 0.4) is 0 Å². The van der Waals surface area contributed by atoms with Gasteiger partial charge in [0.25, 0.3) is 0 Å². The van der Waals surface area contributed by atoms with Crippen LogP contribution in [-0.4, -0.2) is 63.1 Å². The van der Waals surface area contributed by atoms with Crippen molar-refractivity contribution in [2.24, 2.45) is 13.0 Å². The maximum atomic E-state index is 13.9. The molecule has 2 aromatic rings. The zero-order chi connectivity index (χ0) is 27.2.